The summed E-state index contributed by atoms with van der Waals surface area (Å²) in [6.45, 7) is 2.07. The zero-order valence-corrected chi connectivity index (χ0v) is 13.4. The number of benzene rings is 2. The molecule has 0 aromatic heterocycles. The molecule has 0 aliphatic rings. The fourth-order valence-electron chi connectivity index (χ4n) is 2.23. The first-order chi connectivity index (χ1) is 9.11. The summed E-state index contributed by atoms with van der Waals surface area (Å²) in [4.78, 5) is 0. The highest BCUT2D eigenvalue weighted by molar-refractivity contribution is 9.10. The van der Waals surface area contributed by atoms with Gasteiger partial charge in [0.25, 0.3) is 0 Å². The summed E-state index contributed by atoms with van der Waals surface area (Å²) in [5.74, 6) is 0. The zero-order chi connectivity index (χ0) is 13.8. The molecule has 0 aliphatic carbocycles. The van der Waals surface area contributed by atoms with Gasteiger partial charge in [0.1, 0.15) is 0 Å². The van der Waals surface area contributed by atoms with E-state index < -0.39 is 0 Å². The van der Waals surface area contributed by atoms with Gasteiger partial charge in [-0.1, -0.05) is 51.8 Å². The van der Waals surface area contributed by atoms with Gasteiger partial charge in [-0.2, -0.15) is 0 Å². The number of likely N-dealkylation sites (N-methyl/N-ethyl adjacent to an activating group) is 1. The molecular formula is C16H17BrClN. The summed E-state index contributed by atoms with van der Waals surface area (Å²) < 4.78 is 1.11. The topological polar surface area (TPSA) is 12.0 Å². The molecule has 0 aliphatic heterocycles. The summed E-state index contributed by atoms with van der Waals surface area (Å²) in [6.07, 6.45) is 0.949. The van der Waals surface area contributed by atoms with E-state index in [9.17, 15) is 0 Å². The lowest BCUT2D eigenvalue weighted by Crippen LogP contribution is -2.19. The van der Waals surface area contributed by atoms with E-state index in [2.05, 4.69) is 58.5 Å². The molecule has 100 valence electrons. The molecule has 0 amide bonds. The van der Waals surface area contributed by atoms with Crippen LogP contribution in [0, 0.1) is 6.92 Å². The van der Waals surface area contributed by atoms with Crippen molar-refractivity contribution in [2.24, 2.45) is 0 Å². The van der Waals surface area contributed by atoms with Crippen molar-refractivity contribution in [1.82, 2.24) is 5.32 Å². The molecule has 19 heavy (non-hydrogen) atoms. The molecular weight excluding hydrogens is 322 g/mol. The standard InChI is InChI=1S/C16H17BrClN/c1-11-14(4-3-5-15(11)18)16(19-2)10-12-6-8-13(17)9-7-12/h3-9,16,19H,10H2,1-2H3. The molecule has 0 fully saturated rings. The second-order valence-electron chi connectivity index (χ2n) is 4.63. The smallest absolute Gasteiger partial charge is 0.0438 e. The van der Waals surface area contributed by atoms with Gasteiger partial charge >= 0.3 is 0 Å². The van der Waals surface area contributed by atoms with Crippen LogP contribution in [0.4, 0.5) is 0 Å². The normalized spacial score (nSPS) is 12.4. The maximum absolute atomic E-state index is 6.20. The Labute approximate surface area is 128 Å². The predicted octanol–water partition coefficient (Wildman–Crippen LogP) is 4.91. The molecule has 0 heterocycles. The third-order valence-corrected chi connectivity index (χ3v) is 4.32. The molecule has 1 atom stereocenters. The average Bonchev–Trinajstić information content (AvgIpc) is 2.42. The Bertz CT molecular complexity index is 551. The van der Waals surface area contributed by atoms with Gasteiger partial charge in [-0.15, -0.1) is 0 Å². The summed E-state index contributed by atoms with van der Waals surface area (Å²) in [5, 5.41) is 4.21. The van der Waals surface area contributed by atoms with Crippen molar-refractivity contribution in [3.8, 4) is 0 Å². The third kappa shape index (κ3) is 3.59. The molecule has 2 rings (SSSR count). The largest absolute Gasteiger partial charge is 0.313 e. The van der Waals surface area contributed by atoms with Crippen LogP contribution in [-0.2, 0) is 6.42 Å². The first-order valence-electron chi connectivity index (χ1n) is 6.28. The molecule has 1 N–H and O–H groups in total. The van der Waals surface area contributed by atoms with Crippen molar-refractivity contribution in [3.63, 3.8) is 0 Å². The number of nitrogens with one attached hydrogen (secondary N) is 1. The van der Waals surface area contributed by atoms with Gasteiger partial charge in [-0.05, 0) is 55.3 Å². The second-order valence-corrected chi connectivity index (χ2v) is 5.95. The molecule has 3 heteroatoms. The quantitative estimate of drug-likeness (QED) is 0.835. The van der Waals surface area contributed by atoms with Crippen molar-refractivity contribution in [2.45, 2.75) is 19.4 Å². The van der Waals surface area contributed by atoms with Crippen LogP contribution >= 0.6 is 27.5 Å². The Balaban J connectivity index is 2.25. The Kier molecular flexibility index (Phi) is 5.03. The van der Waals surface area contributed by atoms with E-state index in [1.807, 2.05) is 19.2 Å². The maximum Gasteiger partial charge on any atom is 0.0438 e. The summed E-state index contributed by atoms with van der Waals surface area (Å²) in [5.41, 5.74) is 3.72. The van der Waals surface area contributed by atoms with E-state index in [0.717, 1.165) is 21.5 Å². The highest BCUT2D eigenvalue weighted by atomic mass is 79.9. The first kappa shape index (κ1) is 14.6. The molecule has 2 aromatic carbocycles. The Hall–Kier alpha value is -0.830. The highest BCUT2D eigenvalue weighted by Gasteiger charge is 2.13. The molecule has 1 unspecified atom stereocenters. The Morgan fingerprint density at radius 3 is 2.47 bits per heavy atom. The zero-order valence-electron chi connectivity index (χ0n) is 11.1. The Morgan fingerprint density at radius 2 is 1.84 bits per heavy atom. The van der Waals surface area contributed by atoms with Crippen molar-refractivity contribution in [3.05, 3.63) is 68.7 Å². The second kappa shape index (κ2) is 6.56. The van der Waals surface area contributed by atoms with E-state index in [1.54, 1.807) is 0 Å². The van der Waals surface area contributed by atoms with Gasteiger partial charge in [-0.3, -0.25) is 0 Å². The lowest BCUT2D eigenvalue weighted by molar-refractivity contribution is 0.589. The van der Waals surface area contributed by atoms with Crippen LogP contribution in [0.3, 0.4) is 0 Å². The van der Waals surface area contributed by atoms with Gasteiger partial charge in [0.2, 0.25) is 0 Å². The van der Waals surface area contributed by atoms with Crippen LogP contribution in [0.1, 0.15) is 22.7 Å². The molecule has 0 spiro atoms. The number of halogens is 2. The van der Waals surface area contributed by atoms with Crippen LogP contribution < -0.4 is 5.32 Å². The summed E-state index contributed by atoms with van der Waals surface area (Å²) in [7, 11) is 1.99. The molecule has 0 saturated carbocycles. The lowest BCUT2D eigenvalue weighted by atomic mass is 9.95. The minimum Gasteiger partial charge on any atom is -0.313 e. The van der Waals surface area contributed by atoms with Crippen molar-refractivity contribution in [2.75, 3.05) is 7.05 Å². The summed E-state index contributed by atoms with van der Waals surface area (Å²) >= 11 is 9.67. The van der Waals surface area contributed by atoms with Gasteiger partial charge in [0.15, 0.2) is 0 Å². The predicted molar refractivity (Wildman–Crippen MR) is 85.8 cm³/mol. The molecule has 0 bridgehead atoms. The number of rotatable bonds is 4. The SMILES string of the molecule is CNC(Cc1ccc(Br)cc1)c1cccc(Cl)c1C. The maximum atomic E-state index is 6.20. The van der Waals surface area contributed by atoms with Crippen molar-refractivity contribution in [1.29, 1.82) is 0 Å². The van der Waals surface area contributed by atoms with E-state index in [1.165, 1.54) is 11.1 Å². The fourth-order valence-corrected chi connectivity index (χ4v) is 2.67. The van der Waals surface area contributed by atoms with E-state index in [0.29, 0.717) is 0 Å². The molecule has 2 aromatic rings. The molecule has 0 saturated heterocycles. The minimum absolute atomic E-state index is 0.278. The number of hydrogen-bond donors (Lipinski definition) is 1. The van der Waals surface area contributed by atoms with Crippen molar-refractivity contribution >= 4 is 27.5 Å². The van der Waals surface area contributed by atoms with Crippen LogP contribution in [0.2, 0.25) is 5.02 Å². The Morgan fingerprint density at radius 1 is 1.16 bits per heavy atom. The van der Waals surface area contributed by atoms with Gasteiger partial charge in [0, 0.05) is 15.5 Å². The van der Waals surface area contributed by atoms with Crippen LogP contribution in [0.25, 0.3) is 0 Å². The number of hydrogen-bond acceptors (Lipinski definition) is 1. The fraction of sp³-hybridized carbons (Fsp3) is 0.250. The van der Waals surface area contributed by atoms with E-state index in [-0.39, 0.29) is 6.04 Å². The van der Waals surface area contributed by atoms with Crippen LogP contribution in [0.15, 0.2) is 46.9 Å². The van der Waals surface area contributed by atoms with Crippen LogP contribution in [0.5, 0.6) is 0 Å². The molecule has 1 nitrogen and oxygen atoms in total. The van der Waals surface area contributed by atoms with E-state index >= 15 is 0 Å². The highest BCUT2D eigenvalue weighted by Crippen LogP contribution is 2.26. The lowest BCUT2D eigenvalue weighted by Gasteiger charge is -2.19. The van der Waals surface area contributed by atoms with Gasteiger partial charge in [-0.25, -0.2) is 0 Å². The minimum atomic E-state index is 0.278. The third-order valence-electron chi connectivity index (χ3n) is 3.39. The summed E-state index contributed by atoms with van der Waals surface area (Å²) in [6, 6.07) is 14.8. The first-order valence-corrected chi connectivity index (χ1v) is 7.45. The van der Waals surface area contributed by atoms with Gasteiger partial charge in [0.05, 0.1) is 0 Å². The molecule has 0 radical (unpaired) electrons. The average molecular weight is 339 g/mol. The monoisotopic (exact) mass is 337 g/mol. The van der Waals surface area contributed by atoms with Crippen LogP contribution in [-0.4, -0.2) is 7.05 Å². The van der Waals surface area contributed by atoms with Gasteiger partial charge < -0.3 is 5.32 Å². The van der Waals surface area contributed by atoms with Crippen molar-refractivity contribution < 1.29 is 0 Å². The van der Waals surface area contributed by atoms with E-state index in [4.69, 9.17) is 11.6 Å².